The molecule has 1 heterocycles. The highest BCUT2D eigenvalue weighted by Gasteiger charge is 2.23. The predicted octanol–water partition coefficient (Wildman–Crippen LogP) is 2.87. The van der Waals surface area contributed by atoms with Gasteiger partial charge in [-0.15, -0.1) is 11.8 Å². The Hall–Kier alpha value is -1.72. The number of hydrogen-bond acceptors (Lipinski definition) is 4. The molecule has 0 saturated heterocycles. The molecule has 0 aliphatic carbocycles. The van der Waals surface area contributed by atoms with Crippen LogP contribution in [0.4, 0.5) is 0 Å². The Morgan fingerprint density at radius 2 is 2.05 bits per heavy atom. The SMILES string of the molecule is C[C@](O)(CNC(=O)CCSc1ccccc1)Cc1ccco1. The van der Waals surface area contributed by atoms with Crippen molar-refractivity contribution < 1.29 is 14.3 Å². The summed E-state index contributed by atoms with van der Waals surface area (Å²) in [6.07, 6.45) is 2.38. The van der Waals surface area contributed by atoms with Crippen molar-refractivity contribution in [3.8, 4) is 0 Å². The van der Waals surface area contributed by atoms with E-state index >= 15 is 0 Å². The highest BCUT2D eigenvalue weighted by Crippen LogP contribution is 2.17. The first-order chi connectivity index (χ1) is 10.6. The van der Waals surface area contributed by atoms with Crippen molar-refractivity contribution in [1.29, 1.82) is 0 Å². The third-order valence-electron chi connectivity index (χ3n) is 3.14. The molecule has 118 valence electrons. The first-order valence-electron chi connectivity index (χ1n) is 7.24. The Labute approximate surface area is 134 Å². The van der Waals surface area contributed by atoms with Gasteiger partial charge in [0.2, 0.25) is 5.91 Å². The molecule has 4 nitrogen and oxygen atoms in total. The molecule has 2 N–H and O–H groups in total. The fourth-order valence-electron chi connectivity index (χ4n) is 2.01. The van der Waals surface area contributed by atoms with Gasteiger partial charge in [-0.3, -0.25) is 4.79 Å². The van der Waals surface area contributed by atoms with Crippen molar-refractivity contribution >= 4 is 17.7 Å². The summed E-state index contributed by atoms with van der Waals surface area (Å²) in [5, 5.41) is 13.0. The highest BCUT2D eigenvalue weighted by molar-refractivity contribution is 7.99. The standard InChI is InChI=1S/C17H21NO3S/c1-17(20,12-14-6-5-10-21-14)13-18-16(19)9-11-22-15-7-3-2-4-8-15/h2-8,10,20H,9,11-13H2,1H3,(H,18,19)/t17-/m1/s1. The van der Waals surface area contributed by atoms with Gasteiger partial charge in [-0.1, -0.05) is 18.2 Å². The second-order valence-corrected chi connectivity index (χ2v) is 6.61. The zero-order chi connectivity index (χ0) is 15.8. The van der Waals surface area contributed by atoms with Gasteiger partial charge in [-0.2, -0.15) is 0 Å². The highest BCUT2D eigenvalue weighted by atomic mass is 32.2. The minimum absolute atomic E-state index is 0.0526. The quantitative estimate of drug-likeness (QED) is 0.735. The second-order valence-electron chi connectivity index (χ2n) is 5.44. The number of furan rings is 1. The number of rotatable bonds is 8. The molecule has 0 aliphatic rings. The molecule has 0 fully saturated rings. The third kappa shape index (κ3) is 5.95. The van der Waals surface area contributed by atoms with Gasteiger partial charge in [0.25, 0.3) is 0 Å². The van der Waals surface area contributed by atoms with Crippen LogP contribution in [0.2, 0.25) is 0 Å². The zero-order valence-corrected chi connectivity index (χ0v) is 13.4. The van der Waals surface area contributed by atoms with Crippen LogP contribution in [0.3, 0.4) is 0 Å². The van der Waals surface area contributed by atoms with Crippen LogP contribution in [0.25, 0.3) is 0 Å². The summed E-state index contributed by atoms with van der Waals surface area (Å²) < 4.78 is 5.21. The van der Waals surface area contributed by atoms with Crippen LogP contribution in [0.1, 0.15) is 19.1 Å². The van der Waals surface area contributed by atoms with Crippen molar-refractivity contribution in [3.63, 3.8) is 0 Å². The maximum absolute atomic E-state index is 11.8. The van der Waals surface area contributed by atoms with Crippen LogP contribution in [-0.4, -0.2) is 28.9 Å². The van der Waals surface area contributed by atoms with Gasteiger partial charge in [0.05, 0.1) is 11.9 Å². The van der Waals surface area contributed by atoms with Crippen LogP contribution in [0.15, 0.2) is 58.0 Å². The van der Waals surface area contributed by atoms with E-state index in [4.69, 9.17) is 4.42 Å². The van der Waals surface area contributed by atoms with Gasteiger partial charge in [-0.25, -0.2) is 0 Å². The molecule has 22 heavy (non-hydrogen) atoms. The molecule has 5 heteroatoms. The van der Waals surface area contributed by atoms with Crippen molar-refractivity contribution in [2.45, 2.75) is 30.3 Å². The fraction of sp³-hybridized carbons (Fsp3) is 0.353. The lowest BCUT2D eigenvalue weighted by Gasteiger charge is -2.22. The van der Waals surface area contributed by atoms with E-state index in [0.717, 1.165) is 10.6 Å². The van der Waals surface area contributed by atoms with E-state index in [1.807, 2.05) is 36.4 Å². The summed E-state index contributed by atoms with van der Waals surface area (Å²) in [7, 11) is 0. The topological polar surface area (TPSA) is 62.5 Å². The number of amides is 1. The largest absolute Gasteiger partial charge is 0.469 e. The summed E-state index contributed by atoms with van der Waals surface area (Å²) in [5.74, 6) is 1.37. The Kier molecular flexibility index (Phi) is 6.10. The Morgan fingerprint density at radius 3 is 2.73 bits per heavy atom. The lowest BCUT2D eigenvalue weighted by Crippen LogP contribution is -2.42. The molecule has 0 bridgehead atoms. The molecular formula is C17H21NO3S. The smallest absolute Gasteiger partial charge is 0.220 e. The number of carbonyl (C=O) groups is 1. The van der Waals surface area contributed by atoms with Crippen LogP contribution in [-0.2, 0) is 11.2 Å². The second kappa shape index (κ2) is 8.06. The number of carbonyl (C=O) groups excluding carboxylic acids is 1. The van der Waals surface area contributed by atoms with E-state index in [2.05, 4.69) is 5.32 Å². The molecule has 1 aromatic heterocycles. The molecule has 2 aromatic rings. The van der Waals surface area contributed by atoms with E-state index in [1.165, 1.54) is 0 Å². The monoisotopic (exact) mass is 319 g/mol. The van der Waals surface area contributed by atoms with Crippen molar-refractivity contribution in [1.82, 2.24) is 5.32 Å². The normalized spacial score (nSPS) is 13.5. The van der Waals surface area contributed by atoms with Crippen LogP contribution in [0, 0.1) is 0 Å². The predicted molar refractivity (Wildman–Crippen MR) is 87.8 cm³/mol. The summed E-state index contributed by atoms with van der Waals surface area (Å²) in [6, 6.07) is 13.6. The minimum atomic E-state index is -1.01. The van der Waals surface area contributed by atoms with Crippen molar-refractivity contribution in [2.75, 3.05) is 12.3 Å². The van der Waals surface area contributed by atoms with Crippen molar-refractivity contribution in [2.24, 2.45) is 0 Å². The molecule has 0 aliphatic heterocycles. The summed E-state index contributed by atoms with van der Waals surface area (Å²) in [6.45, 7) is 1.90. The van der Waals surface area contributed by atoms with Gasteiger partial charge in [0.1, 0.15) is 5.76 Å². The molecule has 1 aromatic carbocycles. The van der Waals surface area contributed by atoms with Gasteiger partial charge in [0.15, 0.2) is 0 Å². The van der Waals surface area contributed by atoms with E-state index < -0.39 is 5.60 Å². The van der Waals surface area contributed by atoms with Crippen LogP contribution in [0.5, 0.6) is 0 Å². The Bertz CT molecular complexity index is 567. The number of aliphatic hydroxyl groups is 1. The van der Waals surface area contributed by atoms with Gasteiger partial charge in [0, 0.05) is 30.0 Å². The van der Waals surface area contributed by atoms with Crippen LogP contribution < -0.4 is 5.32 Å². The number of benzene rings is 1. The molecular weight excluding hydrogens is 298 g/mol. The number of thioether (sulfide) groups is 1. The molecule has 2 rings (SSSR count). The number of nitrogens with one attached hydrogen (secondary N) is 1. The average Bonchev–Trinajstić information content (AvgIpc) is 2.99. The van der Waals surface area contributed by atoms with Gasteiger partial charge >= 0.3 is 0 Å². The van der Waals surface area contributed by atoms with E-state index in [-0.39, 0.29) is 12.5 Å². The molecule has 1 atom stereocenters. The lowest BCUT2D eigenvalue weighted by molar-refractivity contribution is -0.121. The molecule has 0 saturated carbocycles. The fourth-order valence-corrected chi connectivity index (χ4v) is 2.88. The van der Waals surface area contributed by atoms with E-state index in [0.29, 0.717) is 18.6 Å². The Balaban J connectivity index is 1.66. The van der Waals surface area contributed by atoms with Crippen molar-refractivity contribution in [3.05, 3.63) is 54.5 Å². The molecule has 0 unspecified atom stereocenters. The maximum Gasteiger partial charge on any atom is 0.220 e. The molecule has 0 spiro atoms. The summed E-state index contributed by atoms with van der Waals surface area (Å²) in [4.78, 5) is 13.0. The summed E-state index contributed by atoms with van der Waals surface area (Å²) in [5.41, 5.74) is -1.01. The first kappa shape index (κ1) is 16.6. The Morgan fingerprint density at radius 1 is 1.27 bits per heavy atom. The lowest BCUT2D eigenvalue weighted by atomic mass is 10.0. The van der Waals surface area contributed by atoms with Gasteiger partial charge < -0.3 is 14.8 Å². The van der Waals surface area contributed by atoms with E-state index in [9.17, 15) is 9.90 Å². The molecule has 1 amide bonds. The minimum Gasteiger partial charge on any atom is -0.469 e. The third-order valence-corrected chi connectivity index (χ3v) is 4.16. The number of hydrogen-bond donors (Lipinski definition) is 2. The maximum atomic E-state index is 11.8. The summed E-state index contributed by atoms with van der Waals surface area (Å²) >= 11 is 1.65. The van der Waals surface area contributed by atoms with E-state index in [1.54, 1.807) is 31.0 Å². The van der Waals surface area contributed by atoms with Gasteiger partial charge in [-0.05, 0) is 31.2 Å². The molecule has 0 radical (unpaired) electrons. The zero-order valence-electron chi connectivity index (χ0n) is 12.6. The average molecular weight is 319 g/mol. The first-order valence-corrected chi connectivity index (χ1v) is 8.23. The van der Waals surface area contributed by atoms with Crippen LogP contribution >= 0.6 is 11.8 Å².